The van der Waals surface area contributed by atoms with Gasteiger partial charge in [0.15, 0.2) is 6.61 Å². The number of amides is 1. The number of halogens is 2. The third kappa shape index (κ3) is 4.85. The minimum absolute atomic E-state index is 0.0451. The summed E-state index contributed by atoms with van der Waals surface area (Å²) in [7, 11) is 0. The van der Waals surface area contributed by atoms with Crippen LogP contribution in [0.1, 0.15) is 5.56 Å². The second kappa shape index (κ2) is 7.56. The summed E-state index contributed by atoms with van der Waals surface area (Å²) in [5, 5.41) is 13.3. The number of hydrogen-bond acceptors (Lipinski definition) is 4. The number of carbonyl (C=O) groups excluding carboxylic acids is 1. The molecule has 0 spiro atoms. The quantitative estimate of drug-likeness (QED) is 0.631. The van der Waals surface area contributed by atoms with Gasteiger partial charge in [-0.2, -0.15) is 5.10 Å². The van der Waals surface area contributed by atoms with Gasteiger partial charge in [0.2, 0.25) is 0 Å². The molecule has 2 aromatic rings. The van der Waals surface area contributed by atoms with Crippen molar-refractivity contribution in [3.63, 3.8) is 0 Å². The first-order valence-electron chi connectivity index (χ1n) is 6.23. The number of benzene rings is 2. The topological polar surface area (TPSA) is 70.9 Å². The number of rotatable bonds is 5. The lowest BCUT2D eigenvalue weighted by atomic mass is 10.2. The van der Waals surface area contributed by atoms with Crippen molar-refractivity contribution in [2.75, 3.05) is 6.61 Å². The predicted molar refractivity (Wildman–Crippen MR) is 83.4 cm³/mol. The highest BCUT2D eigenvalue weighted by atomic mass is 79.9. The van der Waals surface area contributed by atoms with E-state index in [9.17, 15) is 14.3 Å². The summed E-state index contributed by atoms with van der Waals surface area (Å²) < 4.78 is 18.6. The van der Waals surface area contributed by atoms with Crippen LogP contribution in [0.25, 0.3) is 0 Å². The number of carbonyl (C=O) groups is 1. The van der Waals surface area contributed by atoms with Crippen LogP contribution in [0, 0.1) is 5.82 Å². The first kappa shape index (κ1) is 16.0. The Morgan fingerprint density at radius 1 is 1.32 bits per heavy atom. The Hall–Kier alpha value is -2.41. The van der Waals surface area contributed by atoms with Gasteiger partial charge in [0, 0.05) is 10.0 Å². The molecule has 0 saturated heterocycles. The molecule has 0 aromatic heterocycles. The molecule has 0 aliphatic heterocycles. The summed E-state index contributed by atoms with van der Waals surface area (Å²) in [6.45, 7) is -0.257. The molecule has 0 unspecified atom stereocenters. The molecule has 0 aliphatic carbocycles. The standard InChI is InChI=1S/C15H12BrFN2O3/c16-11-1-6-14(20)10(7-11)8-18-19-15(21)9-22-13-4-2-12(17)3-5-13/h1-8,20H,9H2,(H,19,21)/b18-8+. The van der Waals surface area contributed by atoms with E-state index >= 15 is 0 Å². The van der Waals surface area contributed by atoms with Gasteiger partial charge < -0.3 is 9.84 Å². The van der Waals surface area contributed by atoms with E-state index in [1.165, 1.54) is 36.5 Å². The highest BCUT2D eigenvalue weighted by Crippen LogP contribution is 2.19. The molecule has 1 amide bonds. The Morgan fingerprint density at radius 2 is 2.05 bits per heavy atom. The molecule has 0 heterocycles. The normalized spacial score (nSPS) is 10.6. The first-order valence-corrected chi connectivity index (χ1v) is 7.02. The zero-order valence-corrected chi connectivity index (χ0v) is 12.9. The first-order chi connectivity index (χ1) is 10.5. The Labute approximate surface area is 134 Å². The van der Waals surface area contributed by atoms with Crippen LogP contribution < -0.4 is 10.2 Å². The van der Waals surface area contributed by atoms with Crippen LogP contribution in [0.4, 0.5) is 4.39 Å². The lowest BCUT2D eigenvalue weighted by Gasteiger charge is -2.04. The Morgan fingerprint density at radius 3 is 2.77 bits per heavy atom. The maximum Gasteiger partial charge on any atom is 0.277 e. The number of hydrogen-bond donors (Lipinski definition) is 2. The molecule has 5 nitrogen and oxygen atoms in total. The van der Waals surface area contributed by atoms with E-state index in [-0.39, 0.29) is 18.2 Å². The lowest BCUT2D eigenvalue weighted by molar-refractivity contribution is -0.123. The van der Waals surface area contributed by atoms with E-state index in [0.717, 1.165) is 4.47 Å². The second-order valence-corrected chi connectivity index (χ2v) is 5.15. The summed E-state index contributed by atoms with van der Waals surface area (Å²) in [6.07, 6.45) is 1.32. The van der Waals surface area contributed by atoms with Crippen LogP contribution in [0.3, 0.4) is 0 Å². The number of phenols is 1. The molecule has 7 heteroatoms. The van der Waals surface area contributed by atoms with Gasteiger partial charge in [-0.05, 0) is 42.5 Å². The SMILES string of the molecule is O=C(COc1ccc(F)cc1)N/N=C/c1cc(Br)ccc1O. The number of phenolic OH excluding ortho intramolecular Hbond substituents is 1. The molecule has 0 aliphatic rings. The van der Waals surface area contributed by atoms with Gasteiger partial charge in [-0.1, -0.05) is 15.9 Å². The molecule has 2 rings (SSSR count). The van der Waals surface area contributed by atoms with Crippen LogP contribution in [0.15, 0.2) is 52.0 Å². The van der Waals surface area contributed by atoms with Crippen molar-refractivity contribution in [3.8, 4) is 11.5 Å². The summed E-state index contributed by atoms with van der Waals surface area (Å²) in [4.78, 5) is 11.5. The third-order valence-electron chi connectivity index (χ3n) is 2.57. The van der Waals surface area contributed by atoms with E-state index in [1.54, 1.807) is 12.1 Å². The largest absolute Gasteiger partial charge is 0.507 e. The Balaban J connectivity index is 1.83. The van der Waals surface area contributed by atoms with E-state index < -0.39 is 5.91 Å². The van der Waals surface area contributed by atoms with Crippen LogP contribution in [0.5, 0.6) is 11.5 Å². The monoisotopic (exact) mass is 366 g/mol. The van der Waals surface area contributed by atoms with Gasteiger partial charge in [-0.3, -0.25) is 4.79 Å². The van der Waals surface area contributed by atoms with Gasteiger partial charge in [-0.25, -0.2) is 9.82 Å². The third-order valence-corrected chi connectivity index (χ3v) is 3.06. The lowest BCUT2D eigenvalue weighted by Crippen LogP contribution is -2.24. The van der Waals surface area contributed by atoms with E-state index in [2.05, 4.69) is 26.5 Å². The molecule has 0 atom stereocenters. The molecule has 0 fully saturated rings. The van der Waals surface area contributed by atoms with Crippen molar-refractivity contribution in [3.05, 3.63) is 58.3 Å². The fourth-order valence-electron chi connectivity index (χ4n) is 1.51. The number of aromatic hydroxyl groups is 1. The van der Waals surface area contributed by atoms with Crippen molar-refractivity contribution in [1.82, 2.24) is 5.43 Å². The summed E-state index contributed by atoms with van der Waals surface area (Å²) >= 11 is 3.27. The van der Waals surface area contributed by atoms with Gasteiger partial charge in [0.1, 0.15) is 17.3 Å². The van der Waals surface area contributed by atoms with Crippen molar-refractivity contribution >= 4 is 28.1 Å². The average Bonchev–Trinajstić information content (AvgIpc) is 2.50. The number of nitrogens with one attached hydrogen (secondary N) is 1. The maximum atomic E-state index is 12.7. The number of nitrogens with zero attached hydrogens (tertiary/aromatic N) is 1. The zero-order chi connectivity index (χ0) is 15.9. The molecule has 2 N–H and O–H groups in total. The van der Waals surface area contributed by atoms with Gasteiger partial charge >= 0.3 is 0 Å². The average molecular weight is 367 g/mol. The van der Waals surface area contributed by atoms with E-state index in [1.807, 2.05) is 0 Å². The van der Waals surface area contributed by atoms with Gasteiger partial charge in [-0.15, -0.1) is 0 Å². The van der Waals surface area contributed by atoms with Gasteiger partial charge in [0.05, 0.1) is 6.21 Å². The minimum atomic E-state index is -0.477. The van der Waals surface area contributed by atoms with Crippen LogP contribution in [-0.4, -0.2) is 23.8 Å². The molecule has 0 radical (unpaired) electrons. The van der Waals surface area contributed by atoms with E-state index in [4.69, 9.17) is 4.74 Å². The van der Waals surface area contributed by atoms with Gasteiger partial charge in [0.25, 0.3) is 5.91 Å². The smallest absolute Gasteiger partial charge is 0.277 e. The molecule has 0 saturated carbocycles. The minimum Gasteiger partial charge on any atom is -0.507 e. The van der Waals surface area contributed by atoms with Crippen molar-refractivity contribution in [2.45, 2.75) is 0 Å². The van der Waals surface area contributed by atoms with Crippen LogP contribution in [-0.2, 0) is 4.79 Å². The number of hydrazone groups is 1. The second-order valence-electron chi connectivity index (χ2n) is 4.24. The molecule has 22 heavy (non-hydrogen) atoms. The highest BCUT2D eigenvalue weighted by molar-refractivity contribution is 9.10. The summed E-state index contributed by atoms with van der Waals surface area (Å²) in [5.74, 6) is -0.431. The van der Waals surface area contributed by atoms with Crippen LogP contribution in [0.2, 0.25) is 0 Å². The maximum absolute atomic E-state index is 12.7. The predicted octanol–water partition coefficient (Wildman–Crippen LogP) is 2.82. The van der Waals surface area contributed by atoms with Crippen LogP contribution >= 0.6 is 15.9 Å². The summed E-state index contributed by atoms with van der Waals surface area (Å²) in [6, 6.07) is 10.2. The van der Waals surface area contributed by atoms with Crippen molar-refractivity contribution in [1.29, 1.82) is 0 Å². The molecular weight excluding hydrogens is 355 g/mol. The highest BCUT2D eigenvalue weighted by Gasteiger charge is 2.02. The zero-order valence-electron chi connectivity index (χ0n) is 11.3. The molecule has 114 valence electrons. The molecule has 0 bridgehead atoms. The fourth-order valence-corrected chi connectivity index (χ4v) is 1.89. The molecular formula is C15H12BrFN2O3. The Kier molecular flexibility index (Phi) is 5.48. The Bertz CT molecular complexity index is 690. The van der Waals surface area contributed by atoms with Crippen molar-refractivity contribution in [2.24, 2.45) is 5.10 Å². The fraction of sp³-hybridized carbons (Fsp3) is 0.0667. The number of ether oxygens (including phenoxy) is 1. The van der Waals surface area contributed by atoms with Crippen molar-refractivity contribution < 1.29 is 19.0 Å². The molecule has 2 aromatic carbocycles. The van der Waals surface area contributed by atoms with E-state index in [0.29, 0.717) is 11.3 Å². The summed E-state index contributed by atoms with van der Waals surface area (Å²) in [5.41, 5.74) is 2.72.